The molecule has 116 valence electrons. The van der Waals surface area contributed by atoms with Crippen LogP contribution in [0.1, 0.15) is 43.4 Å². The molecule has 5 heteroatoms. The predicted octanol–water partition coefficient (Wildman–Crippen LogP) is 2.24. The molecular weight excluding hydrogens is 286 g/mol. The lowest BCUT2D eigenvalue weighted by Gasteiger charge is -2.28. The highest BCUT2D eigenvalue weighted by molar-refractivity contribution is 7.91. The van der Waals surface area contributed by atoms with Crippen LogP contribution in [-0.2, 0) is 16.3 Å². The molecule has 0 spiro atoms. The van der Waals surface area contributed by atoms with E-state index in [4.69, 9.17) is 4.74 Å². The zero-order valence-corrected chi connectivity index (χ0v) is 13.3. The normalized spacial score (nSPS) is 25.1. The second kappa shape index (κ2) is 5.97. The molecule has 2 unspecified atom stereocenters. The van der Waals surface area contributed by atoms with Crippen LogP contribution < -0.4 is 10.1 Å². The number of rotatable bonds is 4. The Bertz CT molecular complexity index is 612. The van der Waals surface area contributed by atoms with Gasteiger partial charge in [-0.2, -0.15) is 0 Å². The van der Waals surface area contributed by atoms with Crippen LogP contribution in [0.15, 0.2) is 18.2 Å². The first-order valence-electron chi connectivity index (χ1n) is 7.79. The zero-order valence-electron chi connectivity index (χ0n) is 12.5. The number of ether oxygens (including phenoxy) is 1. The van der Waals surface area contributed by atoms with Crippen molar-refractivity contribution in [2.24, 2.45) is 0 Å². The summed E-state index contributed by atoms with van der Waals surface area (Å²) < 4.78 is 29.1. The van der Waals surface area contributed by atoms with Gasteiger partial charge in [0.05, 0.1) is 18.1 Å². The summed E-state index contributed by atoms with van der Waals surface area (Å²) in [7, 11) is -2.86. The molecule has 0 aromatic heterocycles. The van der Waals surface area contributed by atoms with Gasteiger partial charge in [-0.3, -0.25) is 0 Å². The molecule has 1 aromatic rings. The van der Waals surface area contributed by atoms with Gasteiger partial charge in [-0.25, -0.2) is 8.42 Å². The molecule has 2 aliphatic heterocycles. The fourth-order valence-corrected chi connectivity index (χ4v) is 4.96. The lowest BCUT2D eigenvalue weighted by molar-refractivity contribution is 0.356. The van der Waals surface area contributed by atoms with Gasteiger partial charge in [-0.05, 0) is 36.5 Å². The van der Waals surface area contributed by atoms with Crippen LogP contribution in [0.25, 0.3) is 0 Å². The summed E-state index contributed by atoms with van der Waals surface area (Å²) in [5.41, 5.74) is 2.51. The van der Waals surface area contributed by atoms with Gasteiger partial charge in [0, 0.05) is 18.5 Å². The van der Waals surface area contributed by atoms with Gasteiger partial charge in [-0.1, -0.05) is 19.1 Å². The minimum Gasteiger partial charge on any atom is -0.493 e. The molecule has 0 saturated carbocycles. The fraction of sp³-hybridized carbons (Fsp3) is 0.625. The summed E-state index contributed by atoms with van der Waals surface area (Å²) in [4.78, 5) is 0. The summed E-state index contributed by atoms with van der Waals surface area (Å²) in [5, 5.41) is 3.55. The van der Waals surface area contributed by atoms with Crippen LogP contribution in [0.2, 0.25) is 0 Å². The SMILES string of the molecule is CCC(NC1CCCS(=O)(=O)C1)c1ccc2c(c1)CCO2. The standard InChI is InChI=1S/C16H23NO3S/c1-2-15(17-14-4-3-9-21(18,19)11-14)12-5-6-16-13(10-12)7-8-20-16/h5-6,10,14-15,17H,2-4,7-9,11H2,1H3. The van der Waals surface area contributed by atoms with Crippen molar-refractivity contribution in [1.82, 2.24) is 5.32 Å². The smallest absolute Gasteiger partial charge is 0.151 e. The van der Waals surface area contributed by atoms with E-state index in [9.17, 15) is 8.42 Å². The first-order chi connectivity index (χ1) is 10.1. The van der Waals surface area contributed by atoms with Crippen molar-refractivity contribution in [3.8, 4) is 5.75 Å². The molecule has 0 radical (unpaired) electrons. The van der Waals surface area contributed by atoms with E-state index in [1.54, 1.807) is 0 Å². The highest BCUT2D eigenvalue weighted by atomic mass is 32.2. The van der Waals surface area contributed by atoms with Crippen molar-refractivity contribution in [1.29, 1.82) is 0 Å². The van der Waals surface area contributed by atoms with Gasteiger partial charge in [0.25, 0.3) is 0 Å². The Morgan fingerprint density at radius 1 is 1.43 bits per heavy atom. The van der Waals surface area contributed by atoms with Crippen molar-refractivity contribution in [2.45, 2.75) is 44.7 Å². The summed E-state index contributed by atoms with van der Waals surface area (Å²) in [6, 6.07) is 6.65. The van der Waals surface area contributed by atoms with E-state index in [1.165, 1.54) is 11.1 Å². The first-order valence-corrected chi connectivity index (χ1v) is 9.61. The van der Waals surface area contributed by atoms with Crippen molar-refractivity contribution >= 4 is 9.84 Å². The lowest BCUT2D eigenvalue weighted by atomic mass is 9.99. The van der Waals surface area contributed by atoms with E-state index < -0.39 is 9.84 Å². The van der Waals surface area contributed by atoms with E-state index in [0.717, 1.165) is 38.0 Å². The van der Waals surface area contributed by atoms with E-state index in [2.05, 4.69) is 24.4 Å². The first kappa shape index (κ1) is 14.9. The van der Waals surface area contributed by atoms with Crippen LogP contribution in [-0.4, -0.2) is 32.6 Å². The van der Waals surface area contributed by atoms with Crippen LogP contribution in [0, 0.1) is 0 Å². The molecule has 2 aliphatic rings. The Labute approximate surface area is 126 Å². The van der Waals surface area contributed by atoms with Crippen LogP contribution in [0.4, 0.5) is 0 Å². The molecule has 2 atom stereocenters. The lowest BCUT2D eigenvalue weighted by Crippen LogP contribution is -2.41. The van der Waals surface area contributed by atoms with E-state index in [-0.39, 0.29) is 17.8 Å². The molecule has 0 amide bonds. The number of sulfone groups is 1. The van der Waals surface area contributed by atoms with E-state index in [1.807, 2.05) is 6.07 Å². The zero-order chi connectivity index (χ0) is 14.9. The quantitative estimate of drug-likeness (QED) is 0.927. The van der Waals surface area contributed by atoms with Crippen molar-refractivity contribution < 1.29 is 13.2 Å². The number of hydrogen-bond acceptors (Lipinski definition) is 4. The molecule has 0 bridgehead atoms. The van der Waals surface area contributed by atoms with Gasteiger partial charge >= 0.3 is 0 Å². The van der Waals surface area contributed by atoms with Crippen LogP contribution >= 0.6 is 0 Å². The third kappa shape index (κ3) is 3.40. The van der Waals surface area contributed by atoms with Gasteiger partial charge in [-0.15, -0.1) is 0 Å². The van der Waals surface area contributed by atoms with Crippen LogP contribution in [0.3, 0.4) is 0 Å². The predicted molar refractivity (Wildman–Crippen MR) is 83.5 cm³/mol. The van der Waals surface area contributed by atoms with E-state index >= 15 is 0 Å². The Hall–Kier alpha value is -1.07. The molecule has 2 heterocycles. The highest BCUT2D eigenvalue weighted by Gasteiger charge is 2.26. The Morgan fingerprint density at radius 2 is 2.29 bits per heavy atom. The molecule has 21 heavy (non-hydrogen) atoms. The average Bonchev–Trinajstić information content (AvgIpc) is 2.91. The summed E-state index contributed by atoms with van der Waals surface area (Å²) in [6.45, 7) is 2.91. The number of fused-ring (bicyclic) bond motifs is 1. The largest absolute Gasteiger partial charge is 0.493 e. The second-order valence-electron chi connectivity index (χ2n) is 6.05. The van der Waals surface area contributed by atoms with Gasteiger partial charge in [0.1, 0.15) is 5.75 Å². The molecule has 1 N–H and O–H groups in total. The Balaban J connectivity index is 1.73. The van der Waals surface area contributed by atoms with Gasteiger partial charge < -0.3 is 10.1 Å². The Kier molecular flexibility index (Phi) is 4.22. The maximum Gasteiger partial charge on any atom is 0.151 e. The van der Waals surface area contributed by atoms with Gasteiger partial charge in [0.15, 0.2) is 9.84 Å². The minimum atomic E-state index is -2.86. The molecule has 4 nitrogen and oxygen atoms in total. The van der Waals surface area contributed by atoms with Crippen molar-refractivity contribution in [2.75, 3.05) is 18.1 Å². The number of benzene rings is 1. The monoisotopic (exact) mass is 309 g/mol. The molecule has 1 fully saturated rings. The number of nitrogens with one attached hydrogen (secondary N) is 1. The second-order valence-corrected chi connectivity index (χ2v) is 8.28. The highest BCUT2D eigenvalue weighted by Crippen LogP contribution is 2.29. The molecular formula is C16H23NO3S. The maximum absolute atomic E-state index is 11.8. The third-order valence-corrected chi connectivity index (χ3v) is 6.24. The fourth-order valence-electron chi connectivity index (χ4n) is 3.31. The molecule has 3 rings (SSSR count). The third-order valence-electron chi connectivity index (χ3n) is 4.42. The van der Waals surface area contributed by atoms with Crippen LogP contribution in [0.5, 0.6) is 5.75 Å². The summed E-state index contributed by atoms with van der Waals surface area (Å²) in [5.74, 6) is 1.62. The van der Waals surface area contributed by atoms with E-state index in [0.29, 0.717) is 5.75 Å². The maximum atomic E-state index is 11.8. The van der Waals surface area contributed by atoms with Crippen molar-refractivity contribution in [3.05, 3.63) is 29.3 Å². The minimum absolute atomic E-state index is 0.0817. The summed E-state index contributed by atoms with van der Waals surface area (Å²) in [6.07, 6.45) is 3.64. The molecule has 1 aromatic carbocycles. The number of hydrogen-bond donors (Lipinski definition) is 1. The average molecular weight is 309 g/mol. The molecule has 1 saturated heterocycles. The topological polar surface area (TPSA) is 55.4 Å². The van der Waals surface area contributed by atoms with Gasteiger partial charge in [0.2, 0.25) is 0 Å². The molecule has 0 aliphatic carbocycles. The summed E-state index contributed by atoms with van der Waals surface area (Å²) >= 11 is 0. The Morgan fingerprint density at radius 3 is 3.05 bits per heavy atom. The van der Waals surface area contributed by atoms with Crippen molar-refractivity contribution in [3.63, 3.8) is 0 Å².